The third-order valence-electron chi connectivity index (χ3n) is 5.43. The van der Waals surface area contributed by atoms with Crippen molar-refractivity contribution in [3.05, 3.63) is 29.1 Å². The van der Waals surface area contributed by atoms with Crippen molar-refractivity contribution in [2.24, 2.45) is 0 Å². The summed E-state index contributed by atoms with van der Waals surface area (Å²) in [5, 5.41) is 10.0. The fourth-order valence-corrected chi connectivity index (χ4v) is 4.05. The number of aromatic nitrogens is 1. The summed E-state index contributed by atoms with van der Waals surface area (Å²) in [5.74, 6) is 0. The van der Waals surface area contributed by atoms with E-state index in [1.54, 1.807) is 0 Å². The number of nitrogens with zero attached hydrogens (tertiary/aromatic N) is 1. The van der Waals surface area contributed by atoms with E-state index in [-0.39, 0.29) is 0 Å². The number of aliphatic hydroxyl groups excluding tert-OH is 1. The molecule has 1 unspecified atom stereocenters. The van der Waals surface area contributed by atoms with Crippen molar-refractivity contribution in [1.82, 2.24) is 0 Å². The minimum absolute atomic E-state index is 0.437. The quantitative estimate of drug-likeness (QED) is 0.109. The van der Waals surface area contributed by atoms with Crippen molar-refractivity contribution >= 4 is 7.81 Å². The van der Waals surface area contributed by atoms with Crippen LogP contribution in [0.3, 0.4) is 0 Å². The van der Waals surface area contributed by atoms with Gasteiger partial charge in [0.25, 0.3) is 6.23 Å². The average molecular weight is 508 g/mol. The Morgan fingerprint density at radius 3 is 1.45 bits per heavy atom. The summed E-state index contributed by atoms with van der Waals surface area (Å²) >= 11 is 0. The second kappa shape index (κ2) is 13.9. The zero-order chi connectivity index (χ0) is 25.6. The molecule has 1 heterocycles. The Bertz CT molecular complexity index is 666. The first-order chi connectivity index (χ1) is 15.0. The molecule has 1 aromatic heterocycles. The molecule has 0 aliphatic heterocycles. The van der Waals surface area contributed by atoms with Crippen LogP contribution in [0.5, 0.6) is 0 Å². The second-order valence-corrected chi connectivity index (χ2v) is 11.0. The number of pyridine rings is 1. The van der Waals surface area contributed by atoms with Crippen molar-refractivity contribution in [2.45, 2.75) is 124 Å². The summed E-state index contributed by atoms with van der Waals surface area (Å²) in [6.07, 6.45) is 18.7. The molecule has 0 aliphatic carbocycles. The Kier molecular flexibility index (Phi) is 13.5. The van der Waals surface area contributed by atoms with E-state index in [2.05, 4.69) is 37.5 Å². The zero-order valence-corrected chi connectivity index (χ0v) is 21.6. The third kappa shape index (κ3) is 22.7. The molecule has 0 spiro atoms. The van der Waals surface area contributed by atoms with E-state index in [9.17, 15) is 30.3 Å². The van der Waals surface area contributed by atoms with Crippen LogP contribution in [0.15, 0.2) is 12.1 Å². The minimum atomic E-state index is -10.7. The van der Waals surface area contributed by atoms with Crippen LogP contribution in [-0.4, -0.2) is 5.11 Å². The topological polar surface area (TPSA) is 24.1 Å². The molecule has 1 rings (SSSR count). The van der Waals surface area contributed by atoms with Crippen molar-refractivity contribution in [3.8, 4) is 0 Å². The van der Waals surface area contributed by atoms with Crippen LogP contribution < -0.4 is 4.57 Å². The van der Waals surface area contributed by atoms with Crippen LogP contribution >= 0.6 is 7.81 Å². The van der Waals surface area contributed by atoms with Gasteiger partial charge in [-0.2, -0.15) is 4.57 Å². The van der Waals surface area contributed by atoms with E-state index >= 15 is 0 Å². The van der Waals surface area contributed by atoms with E-state index < -0.39 is 14.0 Å². The van der Waals surface area contributed by atoms with Crippen LogP contribution in [0, 0.1) is 13.8 Å². The Labute approximate surface area is 196 Å². The summed E-state index contributed by atoms with van der Waals surface area (Å²) in [6, 6.07) is 4.39. The van der Waals surface area contributed by atoms with Gasteiger partial charge in [-0.15, -0.1) is 0 Å². The summed E-state index contributed by atoms with van der Waals surface area (Å²) < 4.78 is 61.3. The number of hydrogen-bond acceptors (Lipinski definition) is 1. The van der Waals surface area contributed by atoms with Gasteiger partial charge in [0.15, 0.2) is 11.4 Å². The summed E-state index contributed by atoms with van der Waals surface area (Å²) in [5.41, 5.74) is 3.73. The van der Waals surface area contributed by atoms with Crippen molar-refractivity contribution in [2.75, 3.05) is 0 Å². The molecule has 1 aromatic rings. The Balaban J connectivity index is 0.00000126. The van der Waals surface area contributed by atoms with Gasteiger partial charge in [0.1, 0.15) is 0 Å². The molecule has 0 aliphatic rings. The molecule has 1 atom stereocenters. The fourth-order valence-electron chi connectivity index (χ4n) is 4.05. The van der Waals surface area contributed by atoms with E-state index in [1.807, 2.05) is 6.92 Å². The zero-order valence-electron chi connectivity index (χ0n) is 20.7. The van der Waals surface area contributed by atoms with Gasteiger partial charge in [-0.1, -0.05) is 84.0 Å². The standard InChI is InChI=1S/C24H44NO.F6P/c1-5-6-7-8-9-10-11-12-13-14-15-16-17-18-24-20-21(2)19-22(3)25(24)23(4)26;1-7(2,3,4,5)6/h19-20,23,26H,5-18H2,1-4H3;/q+1;-1. The van der Waals surface area contributed by atoms with Crippen molar-refractivity contribution in [1.29, 1.82) is 0 Å². The van der Waals surface area contributed by atoms with Crippen LogP contribution in [-0.2, 0) is 6.42 Å². The van der Waals surface area contributed by atoms with Crippen LogP contribution in [0.25, 0.3) is 0 Å². The first-order valence-electron chi connectivity index (χ1n) is 12.3. The first kappa shape index (κ1) is 32.1. The molecule has 33 heavy (non-hydrogen) atoms. The maximum absolute atomic E-state index is 10.7. The number of rotatable bonds is 15. The average Bonchev–Trinajstić information content (AvgIpc) is 2.62. The Hall–Kier alpha value is -0.880. The molecule has 0 aromatic carbocycles. The summed E-state index contributed by atoms with van der Waals surface area (Å²) in [6.45, 7) is 8.38. The monoisotopic (exact) mass is 507 g/mol. The van der Waals surface area contributed by atoms with Gasteiger partial charge in [-0.3, -0.25) is 0 Å². The third-order valence-corrected chi connectivity index (χ3v) is 5.43. The molecular weight excluding hydrogens is 463 g/mol. The van der Waals surface area contributed by atoms with Gasteiger partial charge in [0, 0.05) is 32.4 Å². The maximum atomic E-state index is 10.0. The molecule has 9 heteroatoms. The van der Waals surface area contributed by atoms with Gasteiger partial charge in [0.2, 0.25) is 0 Å². The Morgan fingerprint density at radius 2 is 1.09 bits per heavy atom. The first-order valence-corrected chi connectivity index (χ1v) is 14.3. The van der Waals surface area contributed by atoms with Gasteiger partial charge in [-0.25, -0.2) is 0 Å². The summed E-state index contributed by atoms with van der Waals surface area (Å²) in [7, 11) is -10.7. The van der Waals surface area contributed by atoms with E-state index in [0.29, 0.717) is 0 Å². The molecule has 0 saturated carbocycles. The molecule has 0 amide bonds. The fraction of sp³-hybridized carbons (Fsp3) is 0.792. The van der Waals surface area contributed by atoms with Crippen LogP contribution in [0.4, 0.5) is 25.2 Å². The second-order valence-electron chi connectivity index (χ2n) is 9.12. The predicted octanol–water partition coefficient (Wildman–Crippen LogP) is 10.1. The van der Waals surface area contributed by atoms with Crippen LogP contribution in [0.1, 0.15) is 120 Å². The van der Waals surface area contributed by atoms with Gasteiger partial charge < -0.3 is 5.11 Å². The molecule has 0 fully saturated rings. The van der Waals surface area contributed by atoms with Crippen molar-refractivity contribution < 1.29 is 34.9 Å². The molecule has 2 nitrogen and oxygen atoms in total. The SMILES string of the molecule is CCCCCCCCCCCCCCCc1cc(C)cc(C)[n+]1C(C)O.F[P-](F)(F)(F)(F)F. The number of aliphatic hydroxyl groups is 1. The predicted molar refractivity (Wildman–Crippen MR) is 126 cm³/mol. The molecule has 1 N–H and O–H groups in total. The molecule has 0 radical (unpaired) electrons. The van der Waals surface area contributed by atoms with E-state index in [1.165, 1.54) is 94.7 Å². The molecular formula is C24H44F6NOP. The van der Waals surface area contributed by atoms with Crippen LogP contribution in [0.2, 0.25) is 0 Å². The van der Waals surface area contributed by atoms with Gasteiger partial charge in [0.05, 0.1) is 0 Å². The van der Waals surface area contributed by atoms with E-state index in [4.69, 9.17) is 0 Å². The van der Waals surface area contributed by atoms with Gasteiger partial charge >= 0.3 is 33.0 Å². The van der Waals surface area contributed by atoms with Gasteiger partial charge in [-0.05, 0) is 18.9 Å². The normalized spacial score (nSPS) is 14.8. The number of aryl methyl sites for hydroxylation is 3. The van der Waals surface area contributed by atoms with E-state index in [0.717, 1.165) is 12.1 Å². The summed E-state index contributed by atoms with van der Waals surface area (Å²) in [4.78, 5) is 0. The number of halogens is 6. The number of hydrogen-bond donors (Lipinski definition) is 1. The van der Waals surface area contributed by atoms with Crippen molar-refractivity contribution in [3.63, 3.8) is 0 Å². The number of unbranched alkanes of at least 4 members (excludes halogenated alkanes) is 12. The molecule has 198 valence electrons. The Morgan fingerprint density at radius 1 is 0.727 bits per heavy atom. The molecule has 0 saturated heterocycles. The molecule has 0 bridgehead atoms.